The molecule has 1 saturated heterocycles. The zero-order valence-electron chi connectivity index (χ0n) is 10.5. The van der Waals surface area contributed by atoms with Gasteiger partial charge in [0.25, 0.3) is 0 Å². The highest BCUT2D eigenvalue weighted by atomic mass is 16.2. The molecule has 2 aliphatic rings. The lowest BCUT2D eigenvalue weighted by atomic mass is 10.0. The number of nitrogens with two attached hydrogens (primary N) is 1. The maximum Gasteiger partial charge on any atom is 0.225 e. The SMILES string of the molecule is CCC1CC(C)CN1C(=O)C1CCC(N)C1. The van der Waals surface area contributed by atoms with E-state index in [2.05, 4.69) is 18.7 Å². The minimum Gasteiger partial charge on any atom is -0.339 e. The van der Waals surface area contributed by atoms with E-state index in [4.69, 9.17) is 5.73 Å². The van der Waals surface area contributed by atoms with E-state index in [1.165, 1.54) is 6.42 Å². The van der Waals surface area contributed by atoms with E-state index < -0.39 is 0 Å². The molecule has 4 atom stereocenters. The molecule has 1 aliphatic heterocycles. The van der Waals surface area contributed by atoms with Gasteiger partial charge in [0.2, 0.25) is 5.91 Å². The van der Waals surface area contributed by atoms with Gasteiger partial charge in [-0.3, -0.25) is 4.79 Å². The van der Waals surface area contributed by atoms with Gasteiger partial charge in [-0.2, -0.15) is 0 Å². The molecule has 92 valence electrons. The van der Waals surface area contributed by atoms with Crippen molar-refractivity contribution in [2.75, 3.05) is 6.54 Å². The van der Waals surface area contributed by atoms with Crippen LogP contribution in [0.3, 0.4) is 0 Å². The molecule has 3 nitrogen and oxygen atoms in total. The Balaban J connectivity index is 1.98. The van der Waals surface area contributed by atoms with Crippen molar-refractivity contribution >= 4 is 5.91 Å². The molecule has 16 heavy (non-hydrogen) atoms. The molecule has 3 heteroatoms. The van der Waals surface area contributed by atoms with Gasteiger partial charge in [-0.25, -0.2) is 0 Å². The first-order chi connectivity index (χ1) is 7.61. The van der Waals surface area contributed by atoms with E-state index in [0.717, 1.165) is 32.2 Å². The monoisotopic (exact) mass is 224 g/mol. The molecular weight excluding hydrogens is 200 g/mol. The first kappa shape index (κ1) is 11.9. The van der Waals surface area contributed by atoms with Crippen molar-refractivity contribution in [1.29, 1.82) is 0 Å². The Morgan fingerprint density at radius 1 is 1.38 bits per heavy atom. The second-order valence-electron chi connectivity index (χ2n) is 5.66. The van der Waals surface area contributed by atoms with Crippen LogP contribution in [-0.4, -0.2) is 29.4 Å². The maximum absolute atomic E-state index is 12.4. The average Bonchev–Trinajstić information content (AvgIpc) is 2.83. The Morgan fingerprint density at radius 3 is 2.69 bits per heavy atom. The van der Waals surface area contributed by atoms with Crippen molar-refractivity contribution in [2.45, 2.75) is 58.0 Å². The van der Waals surface area contributed by atoms with E-state index in [1.807, 2.05) is 0 Å². The van der Waals surface area contributed by atoms with Gasteiger partial charge in [0.1, 0.15) is 0 Å². The summed E-state index contributed by atoms with van der Waals surface area (Å²) in [4.78, 5) is 14.5. The molecule has 0 spiro atoms. The second-order valence-corrected chi connectivity index (χ2v) is 5.66. The van der Waals surface area contributed by atoms with Crippen LogP contribution in [0.2, 0.25) is 0 Å². The van der Waals surface area contributed by atoms with Gasteiger partial charge < -0.3 is 10.6 Å². The van der Waals surface area contributed by atoms with Crippen molar-refractivity contribution in [2.24, 2.45) is 17.6 Å². The minimum absolute atomic E-state index is 0.217. The van der Waals surface area contributed by atoms with E-state index in [0.29, 0.717) is 17.9 Å². The molecule has 0 aromatic carbocycles. The number of carbonyl (C=O) groups excluding carboxylic acids is 1. The largest absolute Gasteiger partial charge is 0.339 e. The average molecular weight is 224 g/mol. The number of carbonyl (C=O) groups is 1. The third-order valence-corrected chi connectivity index (χ3v) is 4.20. The summed E-state index contributed by atoms with van der Waals surface area (Å²) in [5.41, 5.74) is 5.89. The van der Waals surface area contributed by atoms with Crippen LogP contribution in [0.15, 0.2) is 0 Å². The summed E-state index contributed by atoms with van der Waals surface area (Å²) in [5.74, 6) is 1.27. The number of amides is 1. The summed E-state index contributed by atoms with van der Waals surface area (Å²) in [7, 11) is 0. The van der Waals surface area contributed by atoms with Gasteiger partial charge in [0.05, 0.1) is 0 Å². The lowest BCUT2D eigenvalue weighted by Crippen LogP contribution is -2.39. The van der Waals surface area contributed by atoms with Crippen LogP contribution < -0.4 is 5.73 Å². The van der Waals surface area contributed by atoms with Crippen molar-refractivity contribution in [3.63, 3.8) is 0 Å². The van der Waals surface area contributed by atoms with Crippen LogP contribution in [0.25, 0.3) is 0 Å². The molecule has 0 bridgehead atoms. The zero-order chi connectivity index (χ0) is 11.7. The Morgan fingerprint density at radius 2 is 2.12 bits per heavy atom. The summed E-state index contributed by atoms with van der Waals surface area (Å²) >= 11 is 0. The zero-order valence-corrected chi connectivity index (χ0v) is 10.5. The maximum atomic E-state index is 12.4. The Labute approximate surface area is 98.4 Å². The molecular formula is C13H24N2O. The highest BCUT2D eigenvalue weighted by Crippen LogP contribution is 2.31. The summed E-state index contributed by atoms with van der Waals surface area (Å²) in [6.07, 6.45) is 5.20. The standard InChI is InChI=1S/C13H24N2O/c1-3-12-6-9(2)8-15(12)13(16)10-4-5-11(14)7-10/h9-12H,3-8,14H2,1-2H3. The second kappa shape index (κ2) is 4.74. The van der Waals surface area contributed by atoms with Crippen LogP contribution in [0.1, 0.15) is 46.0 Å². The lowest BCUT2D eigenvalue weighted by molar-refractivity contribution is -0.136. The van der Waals surface area contributed by atoms with Crippen LogP contribution in [0.5, 0.6) is 0 Å². The van der Waals surface area contributed by atoms with Gasteiger partial charge in [-0.05, 0) is 38.0 Å². The van der Waals surface area contributed by atoms with E-state index in [1.54, 1.807) is 0 Å². The predicted molar refractivity (Wildman–Crippen MR) is 64.9 cm³/mol. The van der Waals surface area contributed by atoms with E-state index in [-0.39, 0.29) is 12.0 Å². The molecule has 2 fully saturated rings. The highest BCUT2D eigenvalue weighted by molar-refractivity contribution is 5.79. The van der Waals surface area contributed by atoms with Crippen LogP contribution >= 0.6 is 0 Å². The van der Waals surface area contributed by atoms with Crippen molar-refractivity contribution in [3.8, 4) is 0 Å². The summed E-state index contributed by atoms with van der Waals surface area (Å²) in [6.45, 7) is 5.39. The first-order valence-corrected chi connectivity index (χ1v) is 6.67. The van der Waals surface area contributed by atoms with Gasteiger partial charge in [0.15, 0.2) is 0 Å². The van der Waals surface area contributed by atoms with Crippen LogP contribution in [0, 0.1) is 11.8 Å². The highest BCUT2D eigenvalue weighted by Gasteiger charge is 2.37. The fraction of sp³-hybridized carbons (Fsp3) is 0.923. The molecule has 4 unspecified atom stereocenters. The quantitative estimate of drug-likeness (QED) is 0.777. The normalized spacial score (nSPS) is 39.3. The Bertz CT molecular complexity index is 267. The van der Waals surface area contributed by atoms with Crippen LogP contribution in [0.4, 0.5) is 0 Å². The molecule has 1 aliphatic carbocycles. The molecule has 2 N–H and O–H groups in total. The van der Waals surface area contributed by atoms with Crippen molar-refractivity contribution in [3.05, 3.63) is 0 Å². The van der Waals surface area contributed by atoms with Gasteiger partial charge >= 0.3 is 0 Å². The number of likely N-dealkylation sites (tertiary alicyclic amines) is 1. The smallest absolute Gasteiger partial charge is 0.225 e. The van der Waals surface area contributed by atoms with E-state index >= 15 is 0 Å². The Kier molecular flexibility index (Phi) is 3.53. The lowest BCUT2D eigenvalue weighted by Gasteiger charge is -2.26. The summed E-state index contributed by atoms with van der Waals surface area (Å²) in [6, 6.07) is 0.744. The molecule has 0 aromatic rings. The number of rotatable bonds is 2. The molecule has 1 saturated carbocycles. The molecule has 1 amide bonds. The molecule has 1 heterocycles. The van der Waals surface area contributed by atoms with Crippen LogP contribution in [-0.2, 0) is 4.79 Å². The van der Waals surface area contributed by atoms with Gasteiger partial charge in [-0.15, -0.1) is 0 Å². The predicted octanol–water partition coefficient (Wildman–Crippen LogP) is 1.76. The number of hydrogen-bond donors (Lipinski definition) is 1. The van der Waals surface area contributed by atoms with E-state index in [9.17, 15) is 4.79 Å². The molecule has 0 radical (unpaired) electrons. The molecule has 2 rings (SSSR count). The summed E-state index contributed by atoms with van der Waals surface area (Å²) < 4.78 is 0. The fourth-order valence-electron chi connectivity index (χ4n) is 3.28. The first-order valence-electron chi connectivity index (χ1n) is 6.67. The fourth-order valence-corrected chi connectivity index (χ4v) is 3.28. The Hall–Kier alpha value is -0.570. The van der Waals surface area contributed by atoms with Crippen molar-refractivity contribution < 1.29 is 4.79 Å². The van der Waals surface area contributed by atoms with Gasteiger partial charge in [-0.1, -0.05) is 13.8 Å². The van der Waals surface area contributed by atoms with Crippen molar-refractivity contribution in [1.82, 2.24) is 4.90 Å². The molecule has 0 aromatic heterocycles. The number of hydrogen-bond acceptors (Lipinski definition) is 2. The number of nitrogens with zero attached hydrogens (tertiary/aromatic N) is 1. The third-order valence-electron chi connectivity index (χ3n) is 4.20. The van der Waals surface area contributed by atoms with Gasteiger partial charge in [0, 0.05) is 24.5 Å². The minimum atomic E-state index is 0.217. The third kappa shape index (κ3) is 2.24. The topological polar surface area (TPSA) is 46.3 Å². The summed E-state index contributed by atoms with van der Waals surface area (Å²) in [5, 5.41) is 0.